The second-order valence-electron chi connectivity index (χ2n) is 5.86. The van der Waals surface area contributed by atoms with E-state index in [1.54, 1.807) is 0 Å². The predicted molar refractivity (Wildman–Crippen MR) is 82.2 cm³/mol. The highest BCUT2D eigenvalue weighted by Crippen LogP contribution is 2.30. The first-order valence-corrected chi connectivity index (χ1v) is 7.14. The van der Waals surface area contributed by atoms with Gasteiger partial charge in [-0.05, 0) is 38.8 Å². The Morgan fingerprint density at radius 3 is 2.53 bits per heavy atom. The summed E-state index contributed by atoms with van der Waals surface area (Å²) in [5, 5.41) is 10.3. The Labute approximate surface area is 120 Å². The summed E-state index contributed by atoms with van der Waals surface area (Å²) in [7, 11) is 0. The molecule has 3 N–H and O–H groups in total. The van der Waals surface area contributed by atoms with E-state index in [0.717, 1.165) is 17.7 Å². The molecule has 0 bridgehead atoms. The van der Waals surface area contributed by atoms with Crippen LogP contribution in [0.1, 0.15) is 43.9 Å². The molecular weight excluding hydrogens is 256 g/mol. The summed E-state index contributed by atoms with van der Waals surface area (Å²) in [6, 6.07) is 7.55. The van der Waals surface area contributed by atoms with Crippen LogP contribution in [-0.4, -0.2) is 33.6 Å². The van der Waals surface area contributed by atoms with Gasteiger partial charge < -0.3 is 10.8 Å². The average Bonchev–Trinajstić information content (AvgIpc) is 2.69. The van der Waals surface area contributed by atoms with E-state index < -0.39 is 6.10 Å². The number of nitrogens with two attached hydrogens (primary N) is 1. The van der Waals surface area contributed by atoms with Crippen molar-refractivity contribution in [2.45, 2.75) is 38.3 Å². The summed E-state index contributed by atoms with van der Waals surface area (Å²) in [5.41, 5.74) is 7.52. The first-order valence-electron chi connectivity index (χ1n) is 6.73. The number of likely N-dealkylation sites (tertiary alicyclic amines) is 1. The van der Waals surface area contributed by atoms with Crippen molar-refractivity contribution in [2.24, 2.45) is 5.73 Å². The van der Waals surface area contributed by atoms with Crippen molar-refractivity contribution in [1.29, 1.82) is 0 Å². The third-order valence-electron chi connectivity index (χ3n) is 4.05. The Balaban J connectivity index is 2.03. The molecule has 19 heavy (non-hydrogen) atoms. The minimum Gasteiger partial charge on any atom is -0.389 e. The van der Waals surface area contributed by atoms with Crippen molar-refractivity contribution < 1.29 is 5.11 Å². The monoisotopic (exact) mass is 278 g/mol. The SMILES string of the molecule is CC1(C)CCCN1CC(O)c1ccc(C(N)=S)cc1. The zero-order valence-corrected chi connectivity index (χ0v) is 12.4. The molecule has 1 aromatic rings. The number of benzene rings is 1. The third-order valence-corrected chi connectivity index (χ3v) is 4.28. The minimum absolute atomic E-state index is 0.194. The van der Waals surface area contributed by atoms with Crippen LogP contribution >= 0.6 is 12.2 Å². The number of nitrogens with zero attached hydrogens (tertiary/aromatic N) is 1. The van der Waals surface area contributed by atoms with Gasteiger partial charge in [0.15, 0.2) is 0 Å². The second-order valence-corrected chi connectivity index (χ2v) is 6.30. The van der Waals surface area contributed by atoms with Crippen molar-refractivity contribution in [3.8, 4) is 0 Å². The van der Waals surface area contributed by atoms with Gasteiger partial charge in [-0.2, -0.15) is 0 Å². The number of aliphatic hydroxyl groups excluding tert-OH is 1. The van der Waals surface area contributed by atoms with E-state index in [2.05, 4.69) is 18.7 Å². The lowest BCUT2D eigenvalue weighted by atomic mass is 10.0. The van der Waals surface area contributed by atoms with Gasteiger partial charge in [0.25, 0.3) is 0 Å². The maximum Gasteiger partial charge on any atom is 0.103 e. The fourth-order valence-electron chi connectivity index (χ4n) is 2.69. The van der Waals surface area contributed by atoms with Crippen molar-refractivity contribution in [3.05, 3.63) is 35.4 Å². The van der Waals surface area contributed by atoms with Crippen LogP contribution in [0.15, 0.2) is 24.3 Å². The van der Waals surface area contributed by atoms with Crippen LogP contribution in [-0.2, 0) is 0 Å². The van der Waals surface area contributed by atoms with Crippen LogP contribution in [0, 0.1) is 0 Å². The summed E-state index contributed by atoms with van der Waals surface area (Å²) < 4.78 is 0. The highest BCUT2D eigenvalue weighted by molar-refractivity contribution is 7.80. The normalized spacial score (nSPS) is 20.4. The second kappa shape index (κ2) is 5.57. The summed E-state index contributed by atoms with van der Waals surface area (Å²) in [5.74, 6) is 0. The molecule has 0 radical (unpaired) electrons. The van der Waals surface area contributed by atoms with Crippen LogP contribution < -0.4 is 5.73 Å². The molecule has 1 heterocycles. The van der Waals surface area contributed by atoms with E-state index in [-0.39, 0.29) is 5.54 Å². The van der Waals surface area contributed by atoms with Gasteiger partial charge in [-0.15, -0.1) is 0 Å². The van der Waals surface area contributed by atoms with E-state index in [4.69, 9.17) is 18.0 Å². The molecule has 0 spiro atoms. The minimum atomic E-state index is -0.460. The molecule has 1 atom stereocenters. The summed E-state index contributed by atoms with van der Waals surface area (Å²) in [4.78, 5) is 2.75. The molecule has 1 fully saturated rings. The molecule has 0 amide bonds. The molecule has 1 aromatic carbocycles. The molecule has 0 saturated carbocycles. The third kappa shape index (κ3) is 3.32. The number of thiocarbonyl (C=S) groups is 1. The molecule has 1 unspecified atom stereocenters. The van der Waals surface area contributed by atoms with Gasteiger partial charge in [0.05, 0.1) is 6.10 Å². The molecule has 0 aromatic heterocycles. The van der Waals surface area contributed by atoms with E-state index in [9.17, 15) is 5.11 Å². The lowest BCUT2D eigenvalue weighted by Crippen LogP contribution is -2.40. The van der Waals surface area contributed by atoms with E-state index >= 15 is 0 Å². The Morgan fingerprint density at radius 1 is 1.42 bits per heavy atom. The van der Waals surface area contributed by atoms with Crippen LogP contribution in [0.5, 0.6) is 0 Å². The molecule has 4 heteroatoms. The number of β-amino-alcohol motifs (C(OH)–C–C–N with tert-alkyl or cyclic N) is 1. The lowest BCUT2D eigenvalue weighted by Gasteiger charge is -2.33. The zero-order valence-electron chi connectivity index (χ0n) is 11.6. The van der Waals surface area contributed by atoms with Crippen molar-refractivity contribution >= 4 is 17.2 Å². The fourth-order valence-corrected chi connectivity index (χ4v) is 2.82. The molecule has 3 nitrogen and oxygen atoms in total. The van der Waals surface area contributed by atoms with Crippen LogP contribution in [0.3, 0.4) is 0 Å². The smallest absolute Gasteiger partial charge is 0.103 e. The molecule has 104 valence electrons. The predicted octanol–water partition coefficient (Wildman–Crippen LogP) is 2.23. The van der Waals surface area contributed by atoms with Crippen LogP contribution in [0.25, 0.3) is 0 Å². The van der Waals surface area contributed by atoms with Gasteiger partial charge in [-0.1, -0.05) is 36.5 Å². The van der Waals surface area contributed by atoms with Gasteiger partial charge in [0.2, 0.25) is 0 Å². The number of hydrogen-bond acceptors (Lipinski definition) is 3. The Hall–Kier alpha value is -0.970. The van der Waals surface area contributed by atoms with Gasteiger partial charge >= 0.3 is 0 Å². The Bertz CT molecular complexity index is 456. The molecule has 1 aliphatic rings. The maximum absolute atomic E-state index is 10.3. The van der Waals surface area contributed by atoms with Crippen molar-refractivity contribution in [2.75, 3.05) is 13.1 Å². The molecule has 0 aliphatic carbocycles. The maximum atomic E-state index is 10.3. The Morgan fingerprint density at radius 2 is 2.05 bits per heavy atom. The summed E-state index contributed by atoms with van der Waals surface area (Å²) in [6.07, 6.45) is 1.94. The first-order chi connectivity index (χ1) is 8.90. The summed E-state index contributed by atoms with van der Waals surface area (Å²) in [6.45, 7) is 6.22. The molecule has 2 rings (SSSR count). The van der Waals surface area contributed by atoms with E-state index in [1.165, 1.54) is 12.8 Å². The topological polar surface area (TPSA) is 49.5 Å². The molecule has 1 aliphatic heterocycles. The van der Waals surface area contributed by atoms with Crippen molar-refractivity contribution in [1.82, 2.24) is 4.90 Å². The number of hydrogen-bond donors (Lipinski definition) is 2. The van der Waals surface area contributed by atoms with Gasteiger partial charge in [-0.3, -0.25) is 4.90 Å². The van der Waals surface area contributed by atoms with Crippen LogP contribution in [0.4, 0.5) is 0 Å². The van der Waals surface area contributed by atoms with Gasteiger partial charge in [0, 0.05) is 17.6 Å². The fraction of sp³-hybridized carbons (Fsp3) is 0.533. The lowest BCUT2D eigenvalue weighted by molar-refractivity contribution is 0.0779. The average molecular weight is 278 g/mol. The molecular formula is C15H22N2OS. The first kappa shape index (κ1) is 14.4. The van der Waals surface area contributed by atoms with Gasteiger partial charge in [-0.25, -0.2) is 0 Å². The standard InChI is InChI=1S/C15H22N2OS/c1-15(2)8-3-9-17(15)10-13(18)11-4-6-12(7-5-11)14(16)19/h4-7,13,18H,3,8-10H2,1-2H3,(H2,16,19). The largest absolute Gasteiger partial charge is 0.389 e. The van der Waals surface area contributed by atoms with Crippen LogP contribution in [0.2, 0.25) is 0 Å². The van der Waals surface area contributed by atoms with E-state index in [0.29, 0.717) is 11.5 Å². The van der Waals surface area contributed by atoms with Gasteiger partial charge in [0.1, 0.15) is 4.99 Å². The Kier molecular flexibility index (Phi) is 4.23. The zero-order chi connectivity index (χ0) is 14.0. The number of aliphatic hydroxyl groups is 1. The van der Waals surface area contributed by atoms with E-state index in [1.807, 2.05) is 24.3 Å². The quantitative estimate of drug-likeness (QED) is 0.829. The molecule has 1 saturated heterocycles. The number of rotatable bonds is 4. The highest BCUT2D eigenvalue weighted by atomic mass is 32.1. The van der Waals surface area contributed by atoms with Crippen molar-refractivity contribution in [3.63, 3.8) is 0 Å². The highest BCUT2D eigenvalue weighted by Gasteiger charge is 2.32. The summed E-state index contributed by atoms with van der Waals surface area (Å²) >= 11 is 4.92.